The second kappa shape index (κ2) is 9.60. The molecule has 0 radical (unpaired) electrons. The maximum Gasteiger partial charge on any atom is 0.255 e. The Morgan fingerprint density at radius 1 is 1.12 bits per heavy atom. The number of fused-ring (bicyclic) bond motifs is 3. The van der Waals surface area contributed by atoms with E-state index in [-0.39, 0.29) is 30.1 Å². The molecule has 3 aliphatic heterocycles. The molecule has 1 spiro atoms. The highest BCUT2D eigenvalue weighted by Crippen LogP contribution is 2.65. The quantitative estimate of drug-likeness (QED) is 0.412. The highest BCUT2D eigenvalue weighted by molar-refractivity contribution is 6.09. The van der Waals surface area contributed by atoms with E-state index in [4.69, 9.17) is 14.2 Å². The van der Waals surface area contributed by atoms with E-state index in [2.05, 4.69) is 26.5 Å². The zero-order chi connectivity index (χ0) is 27.6. The highest BCUT2D eigenvalue weighted by Gasteiger charge is 2.67. The fourth-order valence-corrected chi connectivity index (χ4v) is 7.42. The van der Waals surface area contributed by atoms with Crippen LogP contribution < -0.4 is 31.0 Å². The summed E-state index contributed by atoms with van der Waals surface area (Å²) < 4.78 is 16.3. The minimum Gasteiger partial charge on any atom is -0.497 e. The van der Waals surface area contributed by atoms with Gasteiger partial charge in [-0.2, -0.15) is 0 Å². The van der Waals surface area contributed by atoms with Crippen LogP contribution in [0.15, 0.2) is 30.5 Å². The van der Waals surface area contributed by atoms with Crippen LogP contribution in [-0.4, -0.2) is 74.4 Å². The third-order valence-electron chi connectivity index (χ3n) is 9.82. The minimum absolute atomic E-state index is 0.0281. The van der Waals surface area contributed by atoms with Crippen LogP contribution in [0, 0.1) is 17.8 Å². The van der Waals surface area contributed by atoms with Crippen LogP contribution in [0.25, 0.3) is 0 Å². The lowest BCUT2D eigenvalue weighted by molar-refractivity contribution is -0.118. The lowest BCUT2D eigenvalue weighted by atomic mass is 9.74. The number of methoxy groups -OCH3 is 3. The van der Waals surface area contributed by atoms with Gasteiger partial charge < -0.3 is 29.7 Å². The Morgan fingerprint density at radius 2 is 1.98 bits per heavy atom. The number of pyridine rings is 1. The Labute approximate surface area is 233 Å². The first kappa shape index (κ1) is 25.6. The molecule has 0 bridgehead atoms. The first-order valence-electron chi connectivity index (χ1n) is 14.1. The average Bonchev–Trinajstić information content (AvgIpc) is 3.50. The molecular weight excluding hydrogens is 512 g/mol. The van der Waals surface area contributed by atoms with Crippen molar-refractivity contribution in [2.24, 2.45) is 17.8 Å². The van der Waals surface area contributed by atoms with Gasteiger partial charge in [0.15, 0.2) is 11.6 Å². The van der Waals surface area contributed by atoms with Gasteiger partial charge in [-0.3, -0.25) is 15.0 Å². The van der Waals surface area contributed by atoms with Crippen LogP contribution in [0.3, 0.4) is 0 Å². The summed E-state index contributed by atoms with van der Waals surface area (Å²) in [5.41, 5.74) is 9.02. The van der Waals surface area contributed by atoms with Crippen molar-refractivity contribution in [2.75, 3.05) is 45.1 Å². The van der Waals surface area contributed by atoms with Gasteiger partial charge in [0.25, 0.3) is 5.91 Å². The van der Waals surface area contributed by atoms with Gasteiger partial charge in [0, 0.05) is 44.0 Å². The van der Waals surface area contributed by atoms with Crippen molar-refractivity contribution < 1.29 is 23.8 Å². The molecule has 11 heteroatoms. The summed E-state index contributed by atoms with van der Waals surface area (Å²) in [6.07, 6.45) is 5.68. The minimum atomic E-state index is -0.415. The van der Waals surface area contributed by atoms with Gasteiger partial charge in [0.1, 0.15) is 5.75 Å². The van der Waals surface area contributed by atoms with E-state index in [0.29, 0.717) is 48.0 Å². The summed E-state index contributed by atoms with van der Waals surface area (Å²) in [4.78, 5) is 32.2. The molecule has 1 aromatic carbocycles. The number of aromatic nitrogens is 1. The Morgan fingerprint density at radius 3 is 2.75 bits per heavy atom. The third-order valence-corrected chi connectivity index (χ3v) is 9.82. The zero-order valence-electron chi connectivity index (χ0n) is 23.0. The lowest BCUT2D eigenvalue weighted by Crippen LogP contribution is -2.54. The van der Waals surface area contributed by atoms with E-state index in [1.807, 2.05) is 18.2 Å². The summed E-state index contributed by atoms with van der Waals surface area (Å²) in [7, 11) is 4.92. The second-order valence-corrected chi connectivity index (χ2v) is 11.7. The largest absolute Gasteiger partial charge is 0.497 e. The smallest absolute Gasteiger partial charge is 0.255 e. The molecule has 2 aliphatic carbocycles. The Bertz CT molecular complexity index is 1350. The number of amides is 2. The van der Waals surface area contributed by atoms with Crippen LogP contribution in [0.1, 0.15) is 41.6 Å². The number of hydrogen-bond acceptors (Lipinski definition) is 9. The van der Waals surface area contributed by atoms with Crippen molar-refractivity contribution in [1.82, 2.24) is 20.7 Å². The molecule has 4 unspecified atom stereocenters. The molecule has 40 heavy (non-hydrogen) atoms. The lowest BCUT2D eigenvalue weighted by Gasteiger charge is -2.38. The van der Waals surface area contributed by atoms with Crippen molar-refractivity contribution in [2.45, 2.75) is 49.4 Å². The molecule has 4 fully saturated rings. The van der Waals surface area contributed by atoms with E-state index < -0.39 is 5.41 Å². The molecule has 2 saturated heterocycles. The van der Waals surface area contributed by atoms with Crippen LogP contribution in [0.4, 0.5) is 11.5 Å². The molecule has 7 rings (SSSR count). The van der Waals surface area contributed by atoms with Gasteiger partial charge in [0.05, 0.1) is 37.5 Å². The molecule has 5 aliphatic rings. The monoisotopic (exact) mass is 548 g/mol. The molecule has 2 saturated carbocycles. The summed E-state index contributed by atoms with van der Waals surface area (Å²) in [6.45, 7) is 1.18. The number of ether oxygens (including phenoxy) is 3. The molecule has 2 amide bonds. The van der Waals surface area contributed by atoms with Crippen LogP contribution in [0.2, 0.25) is 0 Å². The first-order valence-corrected chi connectivity index (χ1v) is 14.1. The van der Waals surface area contributed by atoms with E-state index >= 15 is 0 Å². The van der Waals surface area contributed by atoms with Crippen LogP contribution in [0.5, 0.6) is 11.5 Å². The van der Waals surface area contributed by atoms with E-state index in [1.54, 1.807) is 38.5 Å². The number of hydrogen-bond donors (Lipinski definition) is 4. The number of carbonyl (C=O) groups is 2. The van der Waals surface area contributed by atoms with Gasteiger partial charge in [-0.05, 0) is 67.3 Å². The van der Waals surface area contributed by atoms with Crippen LogP contribution in [-0.2, 0) is 14.9 Å². The number of carbonyl (C=O) groups excluding carboxylic acids is 2. The number of rotatable bonds is 7. The molecule has 2 aromatic rings. The van der Waals surface area contributed by atoms with Gasteiger partial charge in [0.2, 0.25) is 5.91 Å². The first-order chi connectivity index (χ1) is 19.4. The van der Waals surface area contributed by atoms with E-state index in [0.717, 1.165) is 42.7 Å². The molecule has 4 heterocycles. The predicted octanol–water partition coefficient (Wildman–Crippen LogP) is 2.11. The van der Waals surface area contributed by atoms with Gasteiger partial charge in [-0.15, -0.1) is 0 Å². The predicted molar refractivity (Wildman–Crippen MR) is 147 cm³/mol. The average molecular weight is 549 g/mol. The normalized spacial score (nSPS) is 32.2. The van der Waals surface area contributed by atoms with Crippen molar-refractivity contribution in [3.05, 3.63) is 41.6 Å². The summed E-state index contributed by atoms with van der Waals surface area (Å²) in [5, 5.41) is 6.62. The van der Waals surface area contributed by atoms with Gasteiger partial charge >= 0.3 is 0 Å². The zero-order valence-corrected chi connectivity index (χ0v) is 23.0. The van der Waals surface area contributed by atoms with E-state index in [1.165, 1.54) is 0 Å². The maximum atomic E-state index is 13.1. The third kappa shape index (κ3) is 3.93. The van der Waals surface area contributed by atoms with Gasteiger partial charge in [-0.25, -0.2) is 10.4 Å². The molecule has 1 aromatic heterocycles. The van der Waals surface area contributed by atoms with E-state index in [9.17, 15) is 9.59 Å². The fraction of sp³-hybridized carbons (Fsp3) is 0.552. The molecular formula is C29H36N6O5. The number of nitrogens with zero attached hydrogens (tertiary/aromatic N) is 2. The molecule has 6 atom stereocenters. The maximum absolute atomic E-state index is 13.1. The van der Waals surface area contributed by atoms with Crippen LogP contribution >= 0.6 is 0 Å². The Hall–Kier alpha value is -3.41. The topological polar surface area (TPSA) is 126 Å². The van der Waals surface area contributed by atoms with Crippen molar-refractivity contribution >= 4 is 23.3 Å². The molecule has 11 nitrogen and oxygen atoms in total. The Kier molecular flexibility index (Phi) is 6.13. The van der Waals surface area contributed by atoms with Crippen molar-refractivity contribution in [3.63, 3.8) is 0 Å². The fourth-order valence-electron chi connectivity index (χ4n) is 7.42. The second-order valence-electron chi connectivity index (χ2n) is 11.7. The van der Waals surface area contributed by atoms with Crippen molar-refractivity contribution in [1.29, 1.82) is 0 Å². The summed E-state index contributed by atoms with van der Waals surface area (Å²) >= 11 is 0. The SMILES string of the molecule is COc1ccc2c(c1)[C@]1(C[C@H]1C1CCC3C(C1)NNC3Nc1ncc(C(=O)N3CC(OC)C3)cc1OC)C(=O)N2. The van der Waals surface area contributed by atoms with Crippen molar-refractivity contribution in [3.8, 4) is 11.5 Å². The Balaban J connectivity index is 1.00. The summed E-state index contributed by atoms with van der Waals surface area (Å²) in [5.74, 6) is 3.16. The number of anilines is 2. The summed E-state index contributed by atoms with van der Waals surface area (Å²) in [6, 6.07) is 7.93. The number of likely N-dealkylation sites (tertiary alicyclic amines) is 1. The highest BCUT2D eigenvalue weighted by atomic mass is 16.5. The number of nitrogens with one attached hydrogen (secondary N) is 4. The standard InChI is InChI=1S/C29H36N6O5/c1-38-17-5-7-22-20(10-17)29(28(37)31-22)11-21(29)15-4-6-19-23(8-15)33-34-25(19)32-26-24(40-3)9-16(12-30-26)27(36)35-13-18(14-35)39-2/h5,7,9-10,12,15,18-19,21,23,25,33-34H,4,6,8,11,13-14H2,1-3H3,(H,30,32)(H,31,37)/t15?,19?,21-,23?,25?,29-/m0/s1. The molecule has 4 N–H and O–H groups in total. The van der Waals surface area contributed by atoms with Gasteiger partial charge in [-0.1, -0.05) is 0 Å². The molecule has 212 valence electrons. The number of hydrazine groups is 1. The number of benzene rings is 1.